The summed E-state index contributed by atoms with van der Waals surface area (Å²) in [5.74, 6) is 1.29. The number of nitrogens with zero attached hydrogens (tertiary/aromatic N) is 1. The Balaban J connectivity index is 1.65. The molecule has 0 aliphatic heterocycles. The van der Waals surface area contributed by atoms with Crippen molar-refractivity contribution < 1.29 is 13.2 Å². The Morgan fingerprint density at radius 3 is 2.19 bits per heavy atom. The highest BCUT2D eigenvalue weighted by Crippen LogP contribution is 2.26. The van der Waals surface area contributed by atoms with Crippen molar-refractivity contribution in [2.45, 2.75) is 17.6 Å². The van der Waals surface area contributed by atoms with Crippen LogP contribution in [0.1, 0.15) is 11.1 Å². The minimum absolute atomic E-state index is 0.157. The zero-order valence-corrected chi connectivity index (χ0v) is 19.0. The van der Waals surface area contributed by atoms with E-state index in [1.807, 2.05) is 37.3 Å². The molecule has 0 heterocycles. The lowest BCUT2D eigenvalue weighted by Gasteiger charge is -2.25. The van der Waals surface area contributed by atoms with Crippen LogP contribution in [-0.2, 0) is 20.6 Å². The molecule has 0 unspecified atom stereocenters. The molecule has 0 radical (unpaired) electrons. The molecule has 0 saturated heterocycles. The van der Waals surface area contributed by atoms with Gasteiger partial charge in [-0.2, -0.15) is 11.8 Å². The van der Waals surface area contributed by atoms with Gasteiger partial charge in [0.25, 0.3) is 10.0 Å². The van der Waals surface area contributed by atoms with Gasteiger partial charge in [-0.15, -0.1) is 0 Å². The maximum absolute atomic E-state index is 13.3. The van der Waals surface area contributed by atoms with Gasteiger partial charge in [-0.25, -0.2) is 8.42 Å². The number of nitrogens with one attached hydrogen (secondary N) is 1. The van der Waals surface area contributed by atoms with Crippen molar-refractivity contribution in [2.75, 3.05) is 23.1 Å². The van der Waals surface area contributed by atoms with Crippen LogP contribution >= 0.6 is 11.8 Å². The van der Waals surface area contributed by atoms with E-state index in [4.69, 9.17) is 0 Å². The molecular formula is C24H26N2O3S2. The Labute approximate surface area is 188 Å². The summed E-state index contributed by atoms with van der Waals surface area (Å²) in [7, 11) is -3.88. The van der Waals surface area contributed by atoms with Crippen molar-refractivity contribution in [1.29, 1.82) is 0 Å². The maximum Gasteiger partial charge on any atom is 0.264 e. The van der Waals surface area contributed by atoms with E-state index in [1.54, 1.807) is 54.2 Å². The van der Waals surface area contributed by atoms with Gasteiger partial charge in [0.15, 0.2) is 0 Å². The van der Waals surface area contributed by atoms with E-state index < -0.39 is 10.0 Å². The van der Waals surface area contributed by atoms with Crippen LogP contribution in [0.3, 0.4) is 0 Å². The Morgan fingerprint density at radius 2 is 1.52 bits per heavy atom. The predicted molar refractivity (Wildman–Crippen MR) is 128 cm³/mol. The lowest BCUT2D eigenvalue weighted by Crippen LogP contribution is -2.41. The van der Waals surface area contributed by atoms with Crippen LogP contribution in [0.4, 0.5) is 5.69 Å². The molecule has 0 aliphatic rings. The van der Waals surface area contributed by atoms with E-state index >= 15 is 0 Å². The van der Waals surface area contributed by atoms with Crippen molar-refractivity contribution in [3.8, 4) is 0 Å². The van der Waals surface area contributed by atoms with Gasteiger partial charge in [0, 0.05) is 18.1 Å². The van der Waals surface area contributed by atoms with E-state index in [0.717, 1.165) is 17.1 Å². The predicted octanol–water partition coefficient (Wildman–Crippen LogP) is 4.24. The zero-order valence-electron chi connectivity index (χ0n) is 17.4. The number of aryl methyl sites for hydroxylation is 1. The summed E-state index contributed by atoms with van der Waals surface area (Å²) in [5, 5.41) is 2.85. The second-order valence-corrected chi connectivity index (χ2v) is 9.97. The van der Waals surface area contributed by atoms with Crippen molar-refractivity contribution in [3.05, 3.63) is 96.1 Å². The summed E-state index contributed by atoms with van der Waals surface area (Å²) in [6, 6.07) is 25.5. The fourth-order valence-corrected chi connectivity index (χ4v) is 5.40. The highest BCUT2D eigenvalue weighted by atomic mass is 32.2. The molecule has 3 aromatic rings. The summed E-state index contributed by atoms with van der Waals surface area (Å²) >= 11 is 1.72. The first-order valence-electron chi connectivity index (χ1n) is 10.0. The van der Waals surface area contributed by atoms with Gasteiger partial charge >= 0.3 is 0 Å². The Morgan fingerprint density at radius 1 is 0.903 bits per heavy atom. The molecule has 5 nitrogen and oxygen atoms in total. The number of anilines is 1. The van der Waals surface area contributed by atoms with Gasteiger partial charge in [-0.05, 0) is 36.2 Å². The molecule has 0 aromatic heterocycles. The molecule has 3 rings (SSSR count). The smallest absolute Gasteiger partial charge is 0.264 e. The number of benzene rings is 3. The van der Waals surface area contributed by atoms with E-state index in [2.05, 4.69) is 17.4 Å². The molecule has 0 fully saturated rings. The molecule has 162 valence electrons. The number of hydrogen-bond acceptors (Lipinski definition) is 4. The molecule has 1 amide bonds. The second kappa shape index (κ2) is 11.0. The number of hydrogen-bond donors (Lipinski definition) is 1. The first kappa shape index (κ1) is 22.9. The summed E-state index contributed by atoms with van der Waals surface area (Å²) in [4.78, 5) is 12.8. The Hall–Kier alpha value is -2.77. The topological polar surface area (TPSA) is 66.5 Å². The van der Waals surface area contributed by atoms with E-state index in [1.165, 1.54) is 9.87 Å². The van der Waals surface area contributed by atoms with Crippen LogP contribution < -0.4 is 9.62 Å². The van der Waals surface area contributed by atoms with Crippen molar-refractivity contribution >= 4 is 33.4 Å². The monoisotopic (exact) mass is 454 g/mol. The summed E-state index contributed by atoms with van der Waals surface area (Å²) in [6.07, 6.45) is 0. The maximum atomic E-state index is 13.3. The SMILES string of the molecule is Cc1ccccc1N(CC(=O)NCCSCc1ccccc1)S(=O)(=O)c1ccccc1. The Kier molecular flexibility index (Phi) is 8.14. The molecule has 0 spiro atoms. The number of carbonyl (C=O) groups is 1. The molecule has 7 heteroatoms. The summed E-state index contributed by atoms with van der Waals surface area (Å²) in [5.41, 5.74) is 2.52. The highest BCUT2D eigenvalue weighted by Gasteiger charge is 2.27. The number of thioether (sulfide) groups is 1. The van der Waals surface area contributed by atoms with E-state index in [-0.39, 0.29) is 17.3 Å². The Bertz CT molecular complexity index is 1090. The first-order valence-corrected chi connectivity index (χ1v) is 12.6. The fourth-order valence-electron chi connectivity index (χ4n) is 3.08. The van der Waals surface area contributed by atoms with Gasteiger partial charge in [0.2, 0.25) is 5.91 Å². The zero-order chi connectivity index (χ0) is 22.1. The largest absolute Gasteiger partial charge is 0.354 e. The molecule has 1 N–H and O–H groups in total. The average molecular weight is 455 g/mol. The third-order valence-corrected chi connectivity index (χ3v) is 7.49. The molecule has 0 saturated carbocycles. The van der Waals surface area contributed by atoms with Crippen LogP contribution in [0.25, 0.3) is 0 Å². The number of sulfonamides is 1. The molecule has 0 atom stereocenters. The first-order chi connectivity index (χ1) is 15.0. The van der Waals surface area contributed by atoms with Crippen LogP contribution in [0.15, 0.2) is 89.8 Å². The molecular weight excluding hydrogens is 428 g/mol. The molecule has 0 aliphatic carbocycles. The summed E-state index contributed by atoms with van der Waals surface area (Å²) < 4.78 is 27.8. The van der Waals surface area contributed by atoms with Gasteiger partial charge in [-0.3, -0.25) is 9.10 Å². The van der Waals surface area contributed by atoms with Crippen LogP contribution in [0.2, 0.25) is 0 Å². The normalized spacial score (nSPS) is 11.1. The van der Waals surface area contributed by atoms with Crippen LogP contribution in [-0.4, -0.2) is 33.2 Å². The second-order valence-electron chi connectivity index (χ2n) is 7.00. The minimum Gasteiger partial charge on any atom is -0.354 e. The minimum atomic E-state index is -3.88. The highest BCUT2D eigenvalue weighted by molar-refractivity contribution is 7.98. The van der Waals surface area contributed by atoms with Crippen molar-refractivity contribution in [1.82, 2.24) is 5.32 Å². The number of carbonyl (C=O) groups excluding carboxylic acids is 1. The van der Waals surface area contributed by atoms with Gasteiger partial charge in [0.1, 0.15) is 6.54 Å². The average Bonchev–Trinajstić information content (AvgIpc) is 2.79. The van der Waals surface area contributed by atoms with Crippen molar-refractivity contribution in [2.24, 2.45) is 0 Å². The lowest BCUT2D eigenvalue weighted by atomic mass is 10.2. The third-order valence-electron chi connectivity index (χ3n) is 4.68. The van der Waals surface area contributed by atoms with Crippen molar-refractivity contribution in [3.63, 3.8) is 0 Å². The summed E-state index contributed by atoms with van der Waals surface area (Å²) in [6.45, 7) is 2.04. The molecule has 31 heavy (non-hydrogen) atoms. The number of amides is 1. The lowest BCUT2D eigenvalue weighted by molar-refractivity contribution is -0.119. The van der Waals surface area contributed by atoms with Gasteiger partial charge in [0.05, 0.1) is 10.6 Å². The van der Waals surface area contributed by atoms with Crippen LogP contribution in [0, 0.1) is 6.92 Å². The van der Waals surface area contributed by atoms with Gasteiger partial charge in [-0.1, -0.05) is 66.7 Å². The fraction of sp³-hybridized carbons (Fsp3) is 0.208. The van der Waals surface area contributed by atoms with Crippen LogP contribution in [0.5, 0.6) is 0 Å². The number of para-hydroxylation sites is 1. The van der Waals surface area contributed by atoms with Gasteiger partial charge < -0.3 is 5.32 Å². The third kappa shape index (κ3) is 6.35. The number of rotatable bonds is 10. The van der Waals surface area contributed by atoms with E-state index in [9.17, 15) is 13.2 Å². The quantitative estimate of drug-likeness (QED) is 0.466. The van der Waals surface area contributed by atoms with E-state index in [0.29, 0.717) is 12.2 Å². The standard InChI is InChI=1S/C24H26N2O3S2/c1-20-10-8-9-15-23(20)26(31(28,29)22-13-6-3-7-14-22)18-24(27)25-16-17-30-19-21-11-4-2-5-12-21/h2-15H,16-19H2,1H3,(H,25,27). The molecule has 3 aromatic carbocycles. The molecule has 0 bridgehead atoms.